The number of nitrogens with zero attached hydrogens (tertiary/aromatic N) is 1. The van der Waals surface area contributed by atoms with Crippen molar-refractivity contribution in [2.24, 2.45) is 0 Å². The van der Waals surface area contributed by atoms with Gasteiger partial charge in [0, 0.05) is 19.1 Å². The molecule has 0 radical (unpaired) electrons. The van der Waals surface area contributed by atoms with Crippen LogP contribution in [0.3, 0.4) is 0 Å². The summed E-state index contributed by atoms with van der Waals surface area (Å²) in [5, 5.41) is 2.96. The second kappa shape index (κ2) is 7.20. The van der Waals surface area contributed by atoms with Crippen LogP contribution < -0.4 is 5.32 Å². The Balaban J connectivity index is 0.00000200. The number of hydrogen-bond acceptors (Lipinski definition) is 2. The van der Waals surface area contributed by atoms with Crippen LogP contribution in [0.15, 0.2) is 12.1 Å². The molecule has 1 aromatic rings. The van der Waals surface area contributed by atoms with E-state index in [2.05, 4.69) is 5.32 Å². The first-order valence-electron chi connectivity index (χ1n) is 6.14. The summed E-state index contributed by atoms with van der Waals surface area (Å²) in [5.41, 5.74) is 0.0172. The Labute approximate surface area is 127 Å². The van der Waals surface area contributed by atoms with Crippen LogP contribution in [-0.2, 0) is 0 Å². The SMILES string of the molecule is CNCC1CCCN1C(=O)c1cc(F)c(F)cc1Cl.Cl. The summed E-state index contributed by atoms with van der Waals surface area (Å²) in [7, 11) is 1.81. The van der Waals surface area contributed by atoms with E-state index in [-0.39, 0.29) is 34.9 Å². The minimum atomic E-state index is -1.06. The van der Waals surface area contributed by atoms with E-state index in [1.165, 1.54) is 0 Å². The van der Waals surface area contributed by atoms with Gasteiger partial charge in [-0.3, -0.25) is 4.79 Å². The van der Waals surface area contributed by atoms with Crippen molar-refractivity contribution in [3.63, 3.8) is 0 Å². The fraction of sp³-hybridized carbons (Fsp3) is 0.462. The standard InChI is InChI=1S/C13H15ClF2N2O.ClH/c1-17-7-8-3-2-4-18(8)13(19)9-5-11(15)12(16)6-10(9)14;/h5-6,8,17H,2-4,7H2,1H3;1H. The van der Waals surface area contributed by atoms with Gasteiger partial charge in [0.2, 0.25) is 0 Å². The van der Waals surface area contributed by atoms with Gasteiger partial charge in [0.25, 0.3) is 5.91 Å². The van der Waals surface area contributed by atoms with Crippen molar-refractivity contribution in [2.75, 3.05) is 20.1 Å². The predicted octanol–water partition coefficient (Wildman–Crippen LogP) is 2.86. The lowest BCUT2D eigenvalue weighted by atomic mass is 10.1. The molecule has 1 aromatic carbocycles. The topological polar surface area (TPSA) is 32.3 Å². The number of benzene rings is 1. The first-order valence-corrected chi connectivity index (χ1v) is 6.52. The Hall–Kier alpha value is -0.910. The van der Waals surface area contributed by atoms with Crippen molar-refractivity contribution >= 4 is 29.9 Å². The quantitative estimate of drug-likeness (QED) is 0.867. The van der Waals surface area contributed by atoms with Crippen LogP contribution in [0.2, 0.25) is 5.02 Å². The van der Waals surface area contributed by atoms with Gasteiger partial charge in [-0.15, -0.1) is 12.4 Å². The second-order valence-corrected chi connectivity index (χ2v) is 5.01. The third-order valence-corrected chi connectivity index (χ3v) is 3.63. The summed E-state index contributed by atoms with van der Waals surface area (Å²) < 4.78 is 26.2. The lowest BCUT2D eigenvalue weighted by molar-refractivity contribution is 0.0736. The number of nitrogens with one attached hydrogen (secondary N) is 1. The normalized spacial score (nSPS) is 18.0. The Kier molecular flexibility index (Phi) is 6.17. The maximum Gasteiger partial charge on any atom is 0.255 e. The van der Waals surface area contributed by atoms with Crippen molar-refractivity contribution in [2.45, 2.75) is 18.9 Å². The van der Waals surface area contributed by atoms with Crippen LogP contribution in [0.5, 0.6) is 0 Å². The van der Waals surface area contributed by atoms with Crippen molar-refractivity contribution in [3.8, 4) is 0 Å². The highest BCUT2D eigenvalue weighted by atomic mass is 35.5. The number of carbonyl (C=O) groups is 1. The molecule has 1 aliphatic heterocycles. The number of halogens is 4. The zero-order valence-corrected chi connectivity index (χ0v) is 12.5. The van der Waals surface area contributed by atoms with Gasteiger partial charge in [-0.25, -0.2) is 8.78 Å². The molecule has 1 amide bonds. The van der Waals surface area contributed by atoms with E-state index in [1.807, 2.05) is 7.05 Å². The molecule has 0 spiro atoms. The average molecular weight is 325 g/mol. The molecule has 3 nitrogen and oxygen atoms in total. The Morgan fingerprint density at radius 1 is 1.45 bits per heavy atom. The molecule has 2 rings (SSSR count). The van der Waals surface area contributed by atoms with Gasteiger partial charge in [0.1, 0.15) is 0 Å². The van der Waals surface area contributed by atoms with Crippen LogP contribution in [0, 0.1) is 11.6 Å². The van der Waals surface area contributed by atoms with E-state index in [0.717, 1.165) is 25.0 Å². The first-order chi connectivity index (χ1) is 9.04. The molecule has 1 aliphatic rings. The number of amides is 1. The van der Waals surface area contributed by atoms with Gasteiger partial charge >= 0.3 is 0 Å². The number of carbonyl (C=O) groups excluding carboxylic acids is 1. The molecule has 0 bridgehead atoms. The molecular weight excluding hydrogens is 309 g/mol. The molecule has 20 heavy (non-hydrogen) atoms. The van der Waals surface area contributed by atoms with Gasteiger partial charge in [0.05, 0.1) is 10.6 Å². The molecule has 1 atom stereocenters. The highest BCUT2D eigenvalue weighted by Gasteiger charge is 2.30. The summed E-state index contributed by atoms with van der Waals surface area (Å²) in [4.78, 5) is 14.0. The highest BCUT2D eigenvalue weighted by molar-refractivity contribution is 6.33. The summed E-state index contributed by atoms with van der Waals surface area (Å²) in [5.74, 6) is -2.45. The molecule has 112 valence electrons. The summed E-state index contributed by atoms with van der Waals surface area (Å²) in [6.45, 7) is 1.29. The van der Waals surface area contributed by atoms with Crippen molar-refractivity contribution < 1.29 is 13.6 Å². The lowest BCUT2D eigenvalue weighted by Gasteiger charge is -2.25. The number of likely N-dealkylation sites (tertiary alicyclic amines) is 1. The van der Waals surface area contributed by atoms with Gasteiger partial charge in [-0.05, 0) is 32.0 Å². The zero-order valence-electron chi connectivity index (χ0n) is 11.0. The molecule has 0 aromatic heterocycles. The second-order valence-electron chi connectivity index (χ2n) is 4.60. The smallest absolute Gasteiger partial charge is 0.255 e. The van der Waals surface area contributed by atoms with Crippen molar-refractivity contribution in [3.05, 3.63) is 34.4 Å². The van der Waals surface area contributed by atoms with E-state index in [9.17, 15) is 13.6 Å². The van der Waals surface area contributed by atoms with E-state index >= 15 is 0 Å². The Bertz CT molecular complexity index is 500. The lowest BCUT2D eigenvalue weighted by Crippen LogP contribution is -2.41. The van der Waals surface area contributed by atoms with E-state index < -0.39 is 11.6 Å². The van der Waals surface area contributed by atoms with Crippen LogP contribution >= 0.6 is 24.0 Å². The maximum absolute atomic E-state index is 13.2. The zero-order chi connectivity index (χ0) is 14.0. The minimum absolute atomic E-state index is 0. The molecule has 1 saturated heterocycles. The van der Waals surface area contributed by atoms with Crippen LogP contribution in [0.1, 0.15) is 23.2 Å². The third kappa shape index (κ3) is 3.40. The summed E-state index contributed by atoms with van der Waals surface area (Å²) >= 11 is 5.83. The average Bonchev–Trinajstić information content (AvgIpc) is 2.82. The largest absolute Gasteiger partial charge is 0.334 e. The predicted molar refractivity (Wildman–Crippen MR) is 76.6 cm³/mol. The fourth-order valence-electron chi connectivity index (χ4n) is 2.39. The van der Waals surface area contributed by atoms with Crippen LogP contribution in [0.25, 0.3) is 0 Å². The van der Waals surface area contributed by atoms with Crippen molar-refractivity contribution in [1.82, 2.24) is 10.2 Å². The van der Waals surface area contributed by atoms with E-state index in [0.29, 0.717) is 13.1 Å². The Morgan fingerprint density at radius 2 is 2.10 bits per heavy atom. The minimum Gasteiger partial charge on any atom is -0.334 e. The summed E-state index contributed by atoms with van der Waals surface area (Å²) in [6.07, 6.45) is 1.80. The summed E-state index contributed by atoms with van der Waals surface area (Å²) in [6, 6.07) is 1.78. The highest BCUT2D eigenvalue weighted by Crippen LogP contribution is 2.25. The van der Waals surface area contributed by atoms with Crippen molar-refractivity contribution in [1.29, 1.82) is 0 Å². The maximum atomic E-state index is 13.2. The molecule has 0 aliphatic carbocycles. The van der Waals surface area contributed by atoms with Crippen LogP contribution in [0.4, 0.5) is 8.78 Å². The van der Waals surface area contributed by atoms with Crippen LogP contribution in [-0.4, -0.2) is 37.0 Å². The molecule has 0 saturated carbocycles. The van der Waals surface area contributed by atoms with E-state index in [4.69, 9.17) is 11.6 Å². The van der Waals surface area contributed by atoms with Gasteiger partial charge < -0.3 is 10.2 Å². The molecule has 1 heterocycles. The van der Waals surface area contributed by atoms with Gasteiger partial charge in [-0.2, -0.15) is 0 Å². The Morgan fingerprint density at radius 3 is 2.75 bits per heavy atom. The van der Waals surface area contributed by atoms with Gasteiger partial charge in [-0.1, -0.05) is 11.6 Å². The fourth-order valence-corrected chi connectivity index (χ4v) is 2.62. The van der Waals surface area contributed by atoms with Gasteiger partial charge in [0.15, 0.2) is 11.6 Å². The molecule has 1 N–H and O–H groups in total. The third-order valence-electron chi connectivity index (χ3n) is 3.32. The number of likely N-dealkylation sites (N-methyl/N-ethyl adjacent to an activating group) is 1. The number of hydrogen-bond donors (Lipinski definition) is 1. The van der Waals surface area contributed by atoms with E-state index in [1.54, 1.807) is 4.90 Å². The molecule has 7 heteroatoms. The monoisotopic (exact) mass is 324 g/mol. The first kappa shape index (κ1) is 17.1. The molecule has 1 fully saturated rings. The molecule has 1 unspecified atom stereocenters. The molecular formula is C13H16Cl2F2N2O. The number of rotatable bonds is 3.